The first-order chi connectivity index (χ1) is 10.6. The lowest BCUT2D eigenvalue weighted by Crippen LogP contribution is -2.05. The summed E-state index contributed by atoms with van der Waals surface area (Å²) in [5, 5.41) is 9.34. The molecule has 1 aromatic heterocycles. The molecule has 22 heavy (non-hydrogen) atoms. The van der Waals surface area contributed by atoms with E-state index in [1.807, 2.05) is 0 Å². The molecule has 0 aliphatic heterocycles. The lowest BCUT2D eigenvalue weighted by molar-refractivity contribution is -0.136. The second kappa shape index (κ2) is 5.37. The van der Waals surface area contributed by atoms with Crippen molar-refractivity contribution in [1.82, 2.24) is 0 Å². The van der Waals surface area contributed by atoms with Crippen LogP contribution in [0.1, 0.15) is 5.56 Å². The van der Waals surface area contributed by atoms with Crippen molar-refractivity contribution in [2.45, 2.75) is 6.42 Å². The van der Waals surface area contributed by atoms with E-state index in [0.29, 0.717) is 28.0 Å². The highest BCUT2D eigenvalue weighted by atomic mass is 16.4. The first-order valence-electron chi connectivity index (χ1n) is 6.68. The summed E-state index contributed by atoms with van der Waals surface area (Å²) >= 11 is 0. The molecule has 0 amide bonds. The van der Waals surface area contributed by atoms with Gasteiger partial charge in [-0.2, -0.15) is 0 Å². The molecule has 0 spiro atoms. The standard InChI is InChI=1S/C17H13NO4/c18-13-7-2-1-5-11(13)15-9-14(19)12-6-3-4-10(8-16(20)21)17(12)22-15/h1-7,9H,8,18H2,(H,20,21). The molecule has 3 aromatic rings. The van der Waals surface area contributed by atoms with E-state index in [0.717, 1.165) is 0 Å². The van der Waals surface area contributed by atoms with Crippen molar-refractivity contribution in [1.29, 1.82) is 0 Å². The van der Waals surface area contributed by atoms with Crippen molar-refractivity contribution in [3.63, 3.8) is 0 Å². The topological polar surface area (TPSA) is 93.5 Å². The number of nitrogen functional groups attached to an aromatic ring is 1. The summed E-state index contributed by atoms with van der Waals surface area (Å²) in [5.74, 6) is -0.659. The second-order valence-electron chi connectivity index (χ2n) is 4.93. The number of nitrogens with two attached hydrogens (primary N) is 1. The van der Waals surface area contributed by atoms with E-state index in [9.17, 15) is 9.59 Å². The van der Waals surface area contributed by atoms with E-state index in [1.165, 1.54) is 6.07 Å². The fourth-order valence-corrected chi connectivity index (χ4v) is 2.39. The lowest BCUT2D eigenvalue weighted by atomic mass is 10.1. The Balaban J connectivity index is 2.29. The van der Waals surface area contributed by atoms with Crippen LogP contribution in [0.15, 0.2) is 57.7 Å². The Morgan fingerprint density at radius 3 is 2.64 bits per heavy atom. The third-order valence-corrected chi connectivity index (χ3v) is 3.40. The number of carbonyl (C=O) groups is 1. The summed E-state index contributed by atoms with van der Waals surface area (Å²) in [6.45, 7) is 0. The fraction of sp³-hybridized carbons (Fsp3) is 0.0588. The molecule has 0 atom stereocenters. The van der Waals surface area contributed by atoms with Crippen LogP contribution >= 0.6 is 0 Å². The van der Waals surface area contributed by atoms with Crippen LogP contribution in [-0.2, 0) is 11.2 Å². The summed E-state index contributed by atoms with van der Waals surface area (Å²) in [4.78, 5) is 23.2. The number of benzene rings is 2. The van der Waals surface area contributed by atoms with Gasteiger partial charge in [0.05, 0.1) is 11.8 Å². The molecular formula is C17H13NO4. The minimum absolute atomic E-state index is 0.214. The van der Waals surface area contributed by atoms with Gasteiger partial charge in [0.1, 0.15) is 11.3 Å². The number of aliphatic carboxylic acids is 1. The predicted molar refractivity (Wildman–Crippen MR) is 83.7 cm³/mol. The molecule has 110 valence electrons. The Morgan fingerprint density at radius 1 is 1.14 bits per heavy atom. The average Bonchev–Trinajstić information content (AvgIpc) is 2.48. The number of fused-ring (bicyclic) bond motifs is 1. The molecule has 0 bridgehead atoms. The molecule has 0 radical (unpaired) electrons. The van der Waals surface area contributed by atoms with Crippen molar-refractivity contribution in [3.05, 3.63) is 64.3 Å². The van der Waals surface area contributed by atoms with E-state index in [1.54, 1.807) is 42.5 Å². The zero-order chi connectivity index (χ0) is 15.7. The number of carboxylic acid groups (broad SMARTS) is 1. The first kappa shape index (κ1) is 13.9. The minimum atomic E-state index is -0.986. The number of anilines is 1. The van der Waals surface area contributed by atoms with Crippen molar-refractivity contribution >= 4 is 22.6 Å². The van der Waals surface area contributed by atoms with E-state index < -0.39 is 5.97 Å². The van der Waals surface area contributed by atoms with E-state index in [-0.39, 0.29) is 17.4 Å². The maximum atomic E-state index is 12.3. The molecule has 1 heterocycles. The monoisotopic (exact) mass is 295 g/mol. The van der Waals surface area contributed by atoms with Crippen LogP contribution in [0.25, 0.3) is 22.3 Å². The summed E-state index contributed by atoms with van der Waals surface area (Å²) in [6.07, 6.45) is -0.214. The molecule has 3 rings (SSSR count). The summed E-state index contributed by atoms with van der Waals surface area (Å²) in [6, 6.07) is 13.3. The highest BCUT2D eigenvalue weighted by Gasteiger charge is 2.13. The summed E-state index contributed by atoms with van der Waals surface area (Å²) in [5.41, 5.74) is 7.51. The third kappa shape index (κ3) is 2.44. The van der Waals surface area contributed by atoms with Crippen LogP contribution in [0.3, 0.4) is 0 Å². The Kier molecular flexibility index (Phi) is 3.39. The zero-order valence-corrected chi connectivity index (χ0v) is 11.6. The fourth-order valence-electron chi connectivity index (χ4n) is 2.39. The zero-order valence-electron chi connectivity index (χ0n) is 11.6. The maximum absolute atomic E-state index is 12.3. The van der Waals surface area contributed by atoms with Crippen molar-refractivity contribution in [2.24, 2.45) is 0 Å². The van der Waals surface area contributed by atoms with E-state index in [2.05, 4.69) is 0 Å². The molecule has 2 aromatic carbocycles. The van der Waals surface area contributed by atoms with Gasteiger partial charge in [-0.05, 0) is 18.2 Å². The highest BCUT2D eigenvalue weighted by Crippen LogP contribution is 2.28. The lowest BCUT2D eigenvalue weighted by Gasteiger charge is -2.08. The predicted octanol–water partition coefficient (Wildman–Crippen LogP) is 2.67. The Morgan fingerprint density at radius 2 is 1.91 bits per heavy atom. The van der Waals surface area contributed by atoms with Gasteiger partial charge < -0.3 is 15.3 Å². The van der Waals surface area contributed by atoms with Gasteiger partial charge >= 0.3 is 5.97 Å². The van der Waals surface area contributed by atoms with Crippen LogP contribution in [0, 0.1) is 0 Å². The molecule has 0 unspecified atom stereocenters. The number of hydrogen-bond acceptors (Lipinski definition) is 4. The number of rotatable bonds is 3. The summed E-state index contributed by atoms with van der Waals surface area (Å²) in [7, 11) is 0. The first-order valence-corrected chi connectivity index (χ1v) is 6.68. The molecular weight excluding hydrogens is 282 g/mol. The van der Waals surface area contributed by atoms with Crippen LogP contribution in [-0.4, -0.2) is 11.1 Å². The molecule has 0 fully saturated rings. The Labute approximate surface area is 125 Å². The van der Waals surface area contributed by atoms with Gasteiger partial charge in [0.25, 0.3) is 0 Å². The Bertz CT molecular complexity index is 927. The third-order valence-electron chi connectivity index (χ3n) is 3.40. The average molecular weight is 295 g/mol. The summed E-state index contributed by atoms with van der Waals surface area (Å²) < 4.78 is 5.80. The SMILES string of the molecule is Nc1ccccc1-c1cc(=O)c2cccc(CC(=O)O)c2o1. The highest BCUT2D eigenvalue weighted by molar-refractivity contribution is 5.86. The van der Waals surface area contributed by atoms with Crippen molar-refractivity contribution in [3.8, 4) is 11.3 Å². The van der Waals surface area contributed by atoms with Gasteiger partial charge in [-0.25, -0.2) is 0 Å². The minimum Gasteiger partial charge on any atom is -0.481 e. The number of hydrogen-bond donors (Lipinski definition) is 2. The van der Waals surface area contributed by atoms with Gasteiger partial charge in [0.15, 0.2) is 5.43 Å². The normalized spacial score (nSPS) is 10.7. The number of para-hydroxylation sites is 2. The van der Waals surface area contributed by atoms with Gasteiger partial charge in [0, 0.05) is 22.9 Å². The molecule has 5 nitrogen and oxygen atoms in total. The van der Waals surface area contributed by atoms with Gasteiger partial charge in [-0.3, -0.25) is 9.59 Å². The van der Waals surface area contributed by atoms with Crippen LogP contribution < -0.4 is 11.2 Å². The van der Waals surface area contributed by atoms with Crippen molar-refractivity contribution in [2.75, 3.05) is 5.73 Å². The van der Waals surface area contributed by atoms with Crippen LogP contribution in [0.2, 0.25) is 0 Å². The largest absolute Gasteiger partial charge is 0.481 e. The van der Waals surface area contributed by atoms with E-state index in [4.69, 9.17) is 15.3 Å². The quantitative estimate of drug-likeness (QED) is 0.724. The van der Waals surface area contributed by atoms with E-state index >= 15 is 0 Å². The second-order valence-corrected chi connectivity index (χ2v) is 4.93. The van der Waals surface area contributed by atoms with Crippen LogP contribution in [0.5, 0.6) is 0 Å². The van der Waals surface area contributed by atoms with Gasteiger partial charge in [0.2, 0.25) is 0 Å². The molecule has 0 saturated carbocycles. The molecule has 0 saturated heterocycles. The number of carboxylic acids is 1. The molecule has 0 aliphatic carbocycles. The Hall–Kier alpha value is -3.08. The van der Waals surface area contributed by atoms with Crippen LogP contribution in [0.4, 0.5) is 5.69 Å². The van der Waals surface area contributed by atoms with Crippen molar-refractivity contribution < 1.29 is 14.3 Å². The maximum Gasteiger partial charge on any atom is 0.307 e. The molecule has 5 heteroatoms. The molecule has 3 N–H and O–H groups in total. The smallest absolute Gasteiger partial charge is 0.307 e. The van der Waals surface area contributed by atoms with Gasteiger partial charge in [-0.1, -0.05) is 24.3 Å². The van der Waals surface area contributed by atoms with Gasteiger partial charge in [-0.15, -0.1) is 0 Å². The molecule has 0 aliphatic rings.